The van der Waals surface area contributed by atoms with Gasteiger partial charge in [-0.3, -0.25) is 5.41 Å². The van der Waals surface area contributed by atoms with E-state index in [-0.39, 0.29) is 5.96 Å². The molecule has 1 fully saturated rings. The summed E-state index contributed by atoms with van der Waals surface area (Å²) in [5.41, 5.74) is -0.490. The van der Waals surface area contributed by atoms with Gasteiger partial charge in [0.1, 0.15) is 6.29 Å². The summed E-state index contributed by atoms with van der Waals surface area (Å²) in [6.45, 7) is 2.12. The van der Waals surface area contributed by atoms with Crippen molar-refractivity contribution < 1.29 is 4.79 Å². The Hall–Kier alpha value is -1.06. The van der Waals surface area contributed by atoms with Crippen LogP contribution in [0, 0.1) is 11.3 Å². The van der Waals surface area contributed by atoms with Crippen LogP contribution in [0.25, 0.3) is 0 Å². The van der Waals surface area contributed by atoms with Gasteiger partial charge >= 0.3 is 0 Å². The molecule has 0 bridgehead atoms. The standard InChI is InChI=1S/C11H21N3O/c1-3-4-7-11(8-15,9-5-6-9)14-10(12)13-2/h8-9H,3-7H2,1-2H3,(H3,12,13,14). The molecule has 4 nitrogen and oxygen atoms in total. The lowest BCUT2D eigenvalue weighted by Gasteiger charge is -2.30. The highest BCUT2D eigenvalue weighted by molar-refractivity contribution is 5.82. The van der Waals surface area contributed by atoms with Gasteiger partial charge in [-0.05, 0) is 25.2 Å². The van der Waals surface area contributed by atoms with Crippen LogP contribution in [0.15, 0.2) is 0 Å². The van der Waals surface area contributed by atoms with Crippen molar-refractivity contribution in [3.63, 3.8) is 0 Å². The third-order valence-electron chi connectivity index (χ3n) is 3.07. The number of carbonyl (C=O) groups is 1. The number of rotatable bonds is 6. The van der Waals surface area contributed by atoms with Crippen LogP contribution in [0.5, 0.6) is 0 Å². The van der Waals surface area contributed by atoms with Crippen LogP contribution in [0.3, 0.4) is 0 Å². The fourth-order valence-corrected chi connectivity index (χ4v) is 1.92. The lowest BCUT2D eigenvalue weighted by Crippen LogP contribution is -2.54. The zero-order valence-electron chi connectivity index (χ0n) is 9.60. The van der Waals surface area contributed by atoms with Crippen LogP contribution >= 0.6 is 0 Å². The Morgan fingerprint density at radius 1 is 1.60 bits per heavy atom. The number of unbranched alkanes of at least 4 members (excludes halogenated alkanes) is 1. The molecule has 1 rings (SSSR count). The molecule has 0 aromatic carbocycles. The van der Waals surface area contributed by atoms with E-state index in [1.54, 1.807) is 7.05 Å². The summed E-state index contributed by atoms with van der Waals surface area (Å²) < 4.78 is 0. The summed E-state index contributed by atoms with van der Waals surface area (Å²) >= 11 is 0. The normalized spacial score (nSPS) is 19.1. The van der Waals surface area contributed by atoms with Crippen LogP contribution in [-0.2, 0) is 4.79 Å². The molecule has 1 unspecified atom stereocenters. The van der Waals surface area contributed by atoms with Crippen LogP contribution in [0.1, 0.15) is 39.0 Å². The van der Waals surface area contributed by atoms with Gasteiger partial charge in [-0.2, -0.15) is 0 Å². The Bertz CT molecular complexity index is 238. The van der Waals surface area contributed by atoms with Crippen LogP contribution in [0.4, 0.5) is 0 Å². The number of hydrogen-bond acceptors (Lipinski definition) is 2. The molecule has 0 spiro atoms. The average Bonchev–Trinajstić information content (AvgIpc) is 3.08. The Morgan fingerprint density at radius 3 is 2.67 bits per heavy atom. The lowest BCUT2D eigenvalue weighted by atomic mass is 9.89. The van der Waals surface area contributed by atoms with Crippen molar-refractivity contribution >= 4 is 12.2 Å². The topological polar surface area (TPSA) is 65.0 Å². The van der Waals surface area contributed by atoms with Crippen molar-refractivity contribution in [3.05, 3.63) is 0 Å². The van der Waals surface area contributed by atoms with Gasteiger partial charge in [0.15, 0.2) is 5.96 Å². The molecule has 0 amide bonds. The third-order valence-corrected chi connectivity index (χ3v) is 3.07. The first kappa shape index (κ1) is 12.0. The van der Waals surface area contributed by atoms with Gasteiger partial charge in [0.25, 0.3) is 0 Å². The first-order valence-electron chi connectivity index (χ1n) is 5.69. The van der Waals surface area contributed by atoms with Crippen molar-refractivity contribution in [2.75, 3.05) is 7.05 Å². The van der Waals surface area contributed by atoms with E-state index in [2.05, 4.69) is 17.6 Å². The fraction of sp³-hybridized carbons (Fsp3) is 0.818. The summed E-state index contributed by atoms with van der Waals surface area (Å²) in [7, 11) is 1.69. The summed E-state index contributed by atoms with van der Waals surface area (Å²) in [5, 5.41) is 13.3. The monoisotopic (exact) mass is 211 g/mol. The number of carbonyl (C=O) groups excluding carboxylic acids is 1. The molecule has 1 saturated carbocycles. The van der Waals surface area contributed by atoms with E-state index in [0.717, 1.165) is 38.4 Å². The minimum absolute atomic E-state index is 0.241. The molecule has 0 heterocycles. The van der Waals surface area contributed by atoms with Gasteiger partial charge < -0.3 is 15.4 Å². The number of nitrogens with one attached hydrogen (secondary N) is 3. The van der Waals surface area contributed by atoms with Gasteiger partial charge in [0.05, 0.1) is 5.54 Å². The first-order valence-corrected chi connectivity index (χ1v) is 5.69. The zero-order valence-corrected chi connectivity index (χ0v) is 9.60. The van der Waals surface area contributed by atoms with Crippen molar-refractivity contribution in [2.45, 2.75) is 44.6 Å². The van der Waals surface area contributed by atoms with E-state index >= 15 is 0 Å². The molecule has 0 aromatic rings. The molecule has 1 aliphatic carbocycles. The van der Waals surface area contributed by atoms with E-state index < -0.39 is 5.54 Å². The summed E-state index contributed by atoms with van der Waals surface area (Å²) in [5.74, 6) is 0.667. The SMILES string of the molecule is CCCCC(C=O)(NC(=N)NC)C1CC1. The zero-order chi connectivity index (χ0) is 11.3. The maximum absolute atomic E-state index is 11.3. The van der Waals surface area contributed by atoms with Crippen LogP contribution < -0.4 is 10.6 Å². The molecule has 1 aliphatic rings. The number of aldehydes is 1. The van der Waals surface area contributed by atoms with E-state index in [9.17, 15) is 4.79 Å². The smallest absolute Gasteiger partial charge is 0.188 e. The fourth-order valence-electron chi connectivity index (χ4n) is 1.92. The van der Waals surface area contributed by atoms with Crippen LogP contribution in [-0.4, -0.2) is 24.8 Å². The molecule has 15 heavy (non-hydrogen) atoms. The maximum atomic E-state index is 11.3. The predicted molar refractivity (Wildman–Crippen MR) is 61.0 cm³/mol. The average molecular weight is 211 g/mol. The highest BCUT2D eigenvalue weighted by Gasteiger charge is 2.45. The van der Waals surface area contributed by atoms with Gasteiger partial charge in [0.2, 0.25) is 0 Å². The lowest BCUT2D eigenvalue weighted by molar-refractivity contribution is -0.114. The van der Waals surface area contributed by atoms with Crippen molar-refractivity contribution in [3.8, 4) is 0 Å². The number of guanidine groups is 1. The van der Waals surface area contributed by atoms with Crippen LogP contribution in [0.2, 0.25) is 0 Å². The van der Waals surface area contributed by atoms with Crippen molar-refractivity contribution in [2.24, 2.45) is 5.92 Å². The third kappa shape index (κ3) is 2.94. The van der Waals surface area contributed by atoms with E-state index in [1.165, 1.54) is 0 Å². The Balaban J connectivity index is 2.64. The second-order valence-electron chi connectivity index (χ2n) is 4.29. The molecular formula is C11H21N3O. The van der Waals surface area contributed by atoms with Gasteiger partial charge in [-0.1, -0.05) is 19.8 Å². The summed E-state index contributed by atoms with van der Waals surface area (Å²) in [6, 6.07) is 0. The molecule has 1 atom stereocenters. The van der Waals surface area contributed by atoms with Crippen molar-refractivity contribution in [1.82, 2.24) is 10.6 Å². The Labute approximate surface area is 91.3 Å². The second-order valence-corrected chi connectivity index (χ2v) is 4.29. The molecule has 3 N–H and O–H groups in total. The van der Waals surface area contributed by atoms with Gasteiger partial charge in [-0.15, -0.1) is 0 Å². The molecule has 0 radical (unpaired) electrons. The van der Waals surface area contributed by atoms with Gasteiger partial charge in [0, 0.05) is 7.05 Å². The number of hydrogen-bond donors (Lipinski definition) is 3. The summed E-state index contributed by atoms with van der Waals surface area (Å²) in [6.07, 6.45) is 6.16. The molecular weight excluding hydrogens is 190 g/mol. The van der Waals surface area contributed by atoms with Gasteiger partial charge in [-0.25, -0.2) is 0 Å². The highest BCUT2D eigenvalue weighted by Crippen LogP contribution is 2.41. The molecule has 86 valence electrons. The minimum atomic E-state index is -0.490. The second kappa shape index (κ2) is 5.14. The summed E-state index contributed by atoms with van der Waals surface area (Å²) in [4.78, 5) is 11.3. The van der Waals surface area contributed by atoms with E-state index in [0.29, 0.717) is 5.92 Å². The molecule has 0 aromatic heterocycles. The largest absolute Gasteiger partial charge is 0.360 e. The minimum Gasteiger partial charge on any atom is -0.360 e. The molecule has 0 aliphatic heterocycles. The first-order chi connectivity index (χ1) is 7.18. The van der Waals surface area contributed by atoms with E-state index in [1.807, 2.05) is 0 Å². The molecule has 0 saturated heterocycles. The Kier molecular flexibility index (Phi) is 4.12. The predicted octanol–water partition coefficient (Wildman–Crippen LogP) is 1.27. The maximum Gasteiger partial charge on any atom is 0.188 e. The van der Waals surface area contributed by atoms with Crippen molar-refractivity contribution in [1.29, 1.82) is 5.41 Å². The quantitative estimate of drug-likeness (QED) is 0.352. The Morgan fingerprint density at radius 2 is 2.27 bits per heavy atom. The molecule has 4 heteroatoms. The highest BCUT2D eigenvalue weighted by atomic mass is 16.1. The van der Waals surface area contributed by atoms with E-state index in [4.69, 9.17) is 5.41 Å².